The third-order valence-corrected chi connectivity index (χ3v) is 5.92. The normalized spacial score (nSPS) is 22.7. The zero-order chi connectivity index (χ0) is 19.3. The molecule has 3 aromatic rings. The highest BCUT2D eigenvalue weighted by Crippen LogP contribution is 2.34. The Kier molecular flexibility index (Phi) is 4.49. The summed E-state index contributed by atoms with van der Waals surface area (Å²) in [4.78, 5) is 9.62. The maximum Gasteiger partial charge on any atom is 0.131 e. The fourth-order valence-electron chi connectivity index (χ4n) is 4.21. The summed E-state index contributed by atoms with van der Waals surface area (Å²) in [5, 5.41) is 3.16. The van der Waals surface area contributed by atoms with Gasteiger partial charge in [0.25, 0.3) is 0 Å². The van der Waals surface area contributed by atoms with Crippen LogP contribution in [0, 0.1) is 0 Å². The SMILES string of the molecule is CC1=CN(Cc2nc3cnc4ccc(Br)cc4c3n2[C@@H]2CCO[C@H](C)C2)NN1. The molecule has 2 N–H and O–H groups in total. The predicted octanol–water partition coefficient (Wildman–Crippen LogP) is 3.77. The first kappa shape index (κ1) is 17.9. The van der Waals surface area contributed by atoms with Crippen LogP contribution in [-0.2, 0) is 11.3 Å². The number of nitrogens with zero attached hydrogens (tertiary/aromatic N) is 4. The topological polar surface area (TPSA) is 67.2 Å². The smallest absolute Gasteiger partial charge is 0.131 e. The lowest BCUT2D eigenvalue weighted by Gasteiger charge is -2.30. The van der Waals surface area contributed by atoms with Gasteiger partial charge in [-0.25, -0.2) is 4.98 Å². The molecule has 2 aliphatic heterocycles. The van der Waals surface area contributed by atoms with Crippen molar-refractivity contribution in [1.29, 1.82) is 0 Å². The molecule has 2 aliphatic rings. The van der Waals surface area contributed by atoms with Gasteiger partial charge < -0.3 is 14.7 Å². The van der Waals surface area contributed by atoms with Crippen LogP contribution in [0.1, 0.15) is 38.6 Å². The molecule has 0 aliphatic carbocycles. The standard InChI is InChI=1S/C20H23BrN6O/c1-12-10-26(25-24-12)11-19-23-18-9-22-17-4-3-14(21)8-16(17)20(18)27(19)15-5-6-28-13(2)7-15/h3-4,8-10,13,15,24-25H,5-7,11H2,1-2H3/t13-,15-/m1/s1. The summed E-state index contributed by atoms with van der Waals surface area (Å²) in [7, 11) is 0. The van der Waals surface area contributed by atoms with Crippen molar-refractivity contribution in [3.63, 3.8) is 0 Å². The molecule has 0 unspecified atom stereocenters. The van der Waals surface area contributed by atoms with E-state index in [4.69, 9.17) is 9.72 Å². The zero-order valence-corrected chi connectivity index (χ0v) is 17.5. The lowest BCUT2D eigenvalue weighted by molar-refractivity contribution is 0.00589. The summed E-state index contributed by atoms with van der Waals surface area (Å²) >= 11 is 3.62. The largest absolute Gasteiger partial charge is 0.378 e. The number of fused-ring (bicyclic) bond motifs is 3. The number of benzene rings is 1. The van der Waals surface area contributed by atoms with Crippen LogP contribution in [0.4, 0.5) is 0 Å². The number of hydrogen-bond acceptors (Lipinski definition) is 6. The molecular formula is C20H23BrN6O. The van der Waals surface area contributed by atoms with Crippen molar-refractivity contribution in [2.24, 2.45) is 0 Å². The second-order valence-corrected chi connectivity index (χ2v) is 8.50. The van der Waals surface area contributed by atoms with Gasteiger partial charge in [-0.3, -0.25) is 9.99 Å². The third-order valence-electron chi connectivity index (χ3n) is 5.43. The van der Waals surface area contributed by atoms with Crippen molar-refractivity contribution in [3.8, 4) is 0 Å². The van der Waals surface area contributed by atoms with E-state index in [0.29, 0.717) is 12.6 Å². The first-order valence-corrected chi connectivity index (χ1v) is 10.4. The number of imidazole rings is 1. The van der Waals surface area contributed by atoms with Crippen LogP contribution in [0.5, 0.6) is 0 Å². The number of hydrogen-bond donors (Lipinski definition) is 2. The Bertz CT molecular complexity index is 1080. The number of nitrogens with one attached hydrogen (secondary N) is 2. The minimum Gasteiger partial charge on any atom is -0.378 e. The van der Waals surface area contributed by atoms with E-state index < -0.39 is 0 Å². The van der Waals surface area contributed by atoms with Crippen LogP contribution in [0.25, 0.3) is 21.9 Å². The van der Waals surface area contributed by atoms with Gasteiger partial charge in [0.2, 0.25) is 0 Å². The highest BCUT2D eigenvalue weighted by atomic mass is 79.9. The maximum absolute atomic E-state index is 5.82. The molecule has 0 spiro atoms. The molecule has 0 saturated carbocycles. The Balaban J connectivity index is 1.70. The Morgan fingerprint density at radius 2 is 2.21 bits per heavy atom. The second kappa shape index (κ2) is 7.02. The summed E-state index contributed by atoms with van der Waals surface area (Å²) < 4.78 is 9.29. The number of allylic oxidation sites excluding steroid dienone is 1. The molecule has 2 atom stereocenters. The van der Waals surface area contributed by atoms with E-state index in [9.17, 15) is 0 Å². The fraction of sp³-hybridized carbons (Fsp3) is 0.400. The molecule has 28 heavy (non-hydrogen) atoms. The molecule has 0 radical (unpaired) electrons. The average Bonchev–Trinajstić information content (AvgIpc) is 3.25. The highest BCUT2D eigenvalue weighted by molar-refractivity contribution is 9.10. The molecule has 4 heterocycles. The summed E-state index contributed by atoms with van der Waals surface area (Å²) in [6.45, 7) is 5.63. The molecule has 146 valence electrons. The van der Waals surface area contributed by atoms with Crippen molar-refractivity contribution >= 4 is 37.9 Å². The number of pyridine rings is 1. The maximum atomic E-state index is 5.82. The number of rotatable bonds is 3. The van der Waals surface area contributed by atoms with Gasteiger partial charge in [0.1, 0.15) is 11.3 Å². The molecule has 0 amide bonds. The van der Waals surface area contributed by atoms with Crippen LogP contribution in [0.15, 0.2) is 40.8 Å². The molecular weight excluding hydrogens is 420 g/mol. The molecule has 0 bridgehead atoms. The van der Waals surface area contributed by atoms with Gasteiger partial charge in [0, 0.05) is 34.4 Å². The molecule has 5 rings (SSSR count). The summed E-state index contributed by atoms with van der Waals surface area (Å²) in [6, 6.07) is 6.59. The Morgan fingerprint density at radius 1 is 1.32 bits per heavy atom. The third kappa shape index (κ3) is 3.15. The summed E-state index contributed by atoms with van der Waals surface area (Å²) in [5.74, 6) is 1.03. The highest BCUT2D eigenvalue weighted by Gasteiger charge is 2.27. The zero-order valence-electron chi connectivity index (χ0n) is 15.9. The van der Waals surface area contributed by atoms with Crippen LogP contribution in [0.3, 0.4) is 0 Å². The molecule has 7 nitrogen and oxygen atoms in total. The minimum atomic E-state index is 0.248. The van der Waals surface area contributed by atoms with E-state index in [1.165, 1.54) is 0 Å². The lowest BCUT2D eigenvalue weighted by Crippen LogP contribution is -2.37. The van der Waals surface area contributed by atoms with Crippen LogP contribution in [-0.4, -0.2) is 32.3 Å². The summed E-state index contributed by atoms with van der Waals surface area (Å²) in [5.41, 5.74) is 10.5. The van der Waals surface area contributed by atoms with Crippen LogP contribution in [0.2, 0.25) is 0 Å². The molecule has 8 heteroatoms. The van der Waals surface area contributed by atoms with Crippen molar-refractivity contribution in [1.82, 2.24) is 30.5 Å². The van der Waals surface area contributed by atoms with E-state index in [2.05, 4.69) is 61.7 Å². The fourth-order valence-corrected chi connectivity index (χ4v) is 4.57. The van der Waals surface area contributed by atoms with Gasteiger partial charge in [-0.15, -0.1) is 5.53 Å². The lowest BCUT2D eigenvalue weighted by atomic mass is 10.0. The van der Waals surface area contributed by atoms with Gasteiger partial charge in [0.15, 0.2) is 0 Å². The van der Waals surface area contributed by atoms with Crippen molar-refractivity contribution in [3.05, 3.63) is 46.6 Å². The molecule has 2 aromatic heterocycles. The van der Waals surface area contributed by atoms with Gasteiger partial charge >= 0.3 is 0 Å². The monoisotopic (exact) mass is 442 g/mol. The minimum absolute atomic E-state index is 0.248. The van der Waals surface area contributed by atoms with Crippen LogP contribution >= 0.6 is 15.9 Å². The molecule has 1 aromatic carbocycles. The van der Waals surface area contributed by atoms with Gasteiger partial charge in [-0.1, -0.05) is 15.9 Å². The first-order chi connectivity index (χ1) is 13.6. The van der Waals surface area contributed by atoms with E-state index in [0.717, 1.165) is 57.4 Å². The number of ether oxygens (including phenoxy) is 1. The Morgan fingerprint density at radius 3 is 3.00 bits per heavy atom. The van der Waals surface area contributed by atoms with E-state index in [1.54, 1.807) is 0 Å². The van der Waals surface area contributed by atoms with Gasteiger partial charge in [-0.05, 0) is 44.9 Å². The summed E-state index contributed by atoms with van der Waals surface area (Å²) in [6.07, 6.45) is 6.17. The van der Waals surface area contributed by atoms with Gasteiger partial charge in [0.05, 0.1) is 29.9 Å². The first-order valence-electron chi connectivity index (χ1n) is 9.62. The van der Waals surface area contributed by atoms with E-state index in [-0.39, 0.29) is 6.10 Å². The van der Waals surface area contributed by atoms with Crippen molar-refractivity contribution in [2.45, 2.75) is 45.4 Å². The molecule has 1 saturated heterocycles. The van der Waals surface area contributed by atoms with Gasteiger partial charge in [-0.2, -0.15) is 0 Å². The van der Waals surface area contributed by atoms with Crippen molar-refractivity contribution < 1.29 is 4.74 Å². The Hall–Kier alpha value is -2.16. The second-order valence-electron chi connectivity index (χ2n) is 7.59. The Labute approximate surface area is 171 Å². The van der Waals surface area contributed by atoms with Crippen molar-refractivity contribution in [2.75, 3.05) is 6.61 Å². The molecule has 1 fully saturated rings. The van der Waals surface area contributed by atoms with E-state index >= 15 is 0 Å². The average molecular weight is 443 g/mol. The van der Waals surface area contributed by atoms with E-state index in [1.807, 2.05) is 24.2 Å². The number of halogens is 1. The predicted molar refractivity (Wildman–Crippen MR) is 112 cm³/mol. The quantitative estimate of drug-likeness (QED) is 0.643. The van der Waals surface area contributed by atoms with Crippen LogP contribution < -0.4 is 11.0 Å². The number of aromatic nitrogens is 3. The number of hydrazine groups is 2.